The van der Waals surface area contributed by atoms with Gasteiger partial charge in [0.25, 0.3) is 5.91 Å². The van der Waals surface area contributed by atoms with E-state index in [0.717, 1.165) is 37.1 Å². The van der Waals surface area contributed by atoms with Gasteiger partial charge in [-0.1, -0.05) is 13.3 Å². The van der Waals surface area contributed by atoms with Gasteiger partial charge in [0.2, 0.25) is 0 Å². The van der Waals surface area contributed by atoms with Gasteiger partial charge in [-0.3, -0.25) is 4.79 Å². The predicted octanol–water partition coefficient (Wildman–Crippen LogP) is 1.63. The zero-order chi connectivity index (χ0) is 14.5. The number of hydrogen-bond acceptors (Lipinski definition) is 4. The van der Waals surface area contributed by atoms with Crippen LogP contribution in [0.5, 0.6) is 0 Å². The summed E-state index contributed by atoms with van der Waals surface area (Å²) in [5, 5.41) is 20.7. The van der Waals surface area contributed by atoms with E-state index in [1.165, 1.54) is 0 Å². The molecule has 5 heteroatoms. The molecular formula is C15H23N3O2. The van der Waals surface area contributed by atoms with E-state index in [4.69, 9.17) is 0 Å². The van der Waals surface area contributed by atoms with Gasteiger partial charge in [0, 0.05) is 6.54 Å². The Kier molecular flexibility index (Phi) is 5.06. The van der Waals surface area contributed by atoms with Crippen LogP contribution in [-0.2, 0) is 6.42 Å². The van der Waals surface area contributed by atoms with E-state index < -0.39 is 0 Å². The van der Waals surface area contributed by atoms with Gasteiger partial charge < -0.3 is 10.4 Å². The Morgan fingerprint density at radius 3 is 2.95 bits per heavy atom. The zero-order valence-electron chi connectivity index (χ0n) is 12.2. The molecule has 2 unspecified atom stereocenters. The minimum atomic E-state index is -0.207. The number of hydrogen-bond donors (Lipinski definition) is 2. The number of rotatable bonds is 4. The van der Waals surface area contributed by atoms with E-state index in [9.17, 15) is 9.90 Å². The number of nitrogens with one attached hydrogen (secondary N) is 1. The molecule has 110 valence electrons. The highest BCUT2D eigenvalue weighted by Gasteiger charge is 2.21. The van der Waals surface area contributed by atoms with Gasteiger partial charge in [-0.2, -0.15) is 10.2 Å². The minimum absolute atomic E-state index is 0.0834. The molecule has 2 N–H and O–H groups in total. The van der Waals surface area contributed by atoms with Crippen LogP contribution < -0.4 is 5.32 Å². The Hall–Kier alpha value is -1.49. The van der Waals surface area contributed by atoms with Gasteiger partial charge >= 0.3 is 0 Å². The first kappa shape index (κ1) is 14.9. The maximum absolute atomic E-state index is 12.3. The molecule has 0 saturated heterocycles. The minimum Gasteiger partial charge on any atom is -0.393 e. The maximum atomic E-state index is 12.3. The third-order valence-electron chi connectivity index (χ3n) is 3.88. The van der Waals surface area contributed by atoms with Crippen LogP contribution in [0.15, 0.2) is 6.07 Å². The molecule has 1 saturated carbocycles. The highest BCUT2D eigenvalue weighted by molar-refractivity contribution is 5.95. The molecule has 0 bridgehead atoms. The SMILES string of the molecule is CCc1nnc(C)cc1C(=O)NCC1CCCC(O)C1. The fourth-order valence-corrected chi connectivity index (χ4v) is 2.75. The topological polar surface area (TPSA) is 75.1 Å². The van der Waals surface area contributed by atoms with Crippen LogP contribution in [0, 0.1) is 12.8 Å². The molecule has 2 rings (SSSR count). The second-order valence-corrected chi connectivity index (χ2v) is 5.60. The van der Waals surface area contributed by atoms with Crippen molar-refractivity contribution in [1.29, 1.82) is 0 Å². The fourth-order valence-electron chi connectivity index (χ4n) is 2.75. The second kappa shape index (κ2) is 6.79. The van der Waals surface area contributed by atoms with Crippen LogP contribution in [-0.4, -0.2) is 33.9 Å². The van der Waals surface area contributed by atoms with Crippen molar-refractivity contribution in [2.45, 2.75) is 52.1 Å². The summed E-state index contributed by atoms with van der Waals surface area (Å²) in [6.07, 6.45) is 4.27. The van der Waals surface area contributed by atoms with E-state index in [1.54, 1.807) is 6.07 Å². The van der Waals surface area contributed by atoms with Crippen LogP contribution in [0.25, 0.3) is 0 Å². The number of aromatic nitrogens is 2. The summed E-state index contributed by atoms with van der Waals surface area (Å²) in [7, 11) is 0. The lowest BCUT2D eigenvalue weighted by atomic mass is 9.87. The normalized spacial score (nSPS) is 22.6. The molecule has 2 atom stereocenters. The number of amides is 1. The van der Waals surface area contributed by atoms with Crippen molar-refractivity contribution in [3.05, 3.63) is 23.0 Å². The average molecular weight is 277 g/mol. The molecule has 0 spiro atoms. The number of carbonyl (C=O) groups is 1. The summed E-state index contributed by atoms with van der Waals surface area (Å²) in [6, 6.07) is 1.79. The molecule has 1 fully saturated rings. The monoisotopic (exact) mass is 277 g/mol. The van der Waals surface area contributed by atoms with Gasteiger partial charge in [0.1, 0.15) is 0 Å². The molecule has 1 aromatic rings. The average Bonchev–Trinajstić information content (AvgIpc) is 2.45. The predicted molar refractivity (Wildman–Crippen MR) is 76.4 cm³/mol. The quantitative estimate of drug-likeness (QED) is 0.877. The Morgan fingerprint density at radius 2 is 2.25 bits per heavy atom. The van der Waals surface area contributed by atoms with Crippen molar-refractivity contribution in [2.24, 2.45) is 5.92 Å². The van der Waals surface area contributed by atoms with E-state index in [1.807, 2.05) is 13.8 Å². The first-order valence-corrected chi connectivity index (χ1v) is 7.39. The summed E-state index contributed by atoms with van der Waals surface area (Å²) >= 11 is 0. The van der Waals surface area contributed by atoms with E-state index >= 15 is 0 Å². The molecule has 1 aromatic heterocycles. The van der Waals surface area contributed by atoms with Crippen LogP contribution in [0.1, 0.15) is 54.4 Å². The van der Waals surface area contributed by atoms with Gasteiger partial charge in [0.15, 0.2) is 0 Å². The van der Waals surface area contributed by atoms with E-state index in [2.05, 4.69) is 15.5 Å². The molecule has 0 radical (unpaired) electrons. The molecule has 0 aliphatic heterocycles. The van der Waals surface area contributed by atoms with Gasteiger partial charge in [0.05, 0.1) is 23.1 Å². The maximum Gasteiger partial charge on any atom is 0.253 e. The van der Waals surface area contributed by atoms with E-state index in [-0.39, 0.29) is 12.0 Å². The summed E-state index contributed by atoms with van der Waals surface area (Å²) in [5.74, 6) is 0.295. The Balaban J connectivity index is 1.96. The second-order valence-electron chi connectivity index (χ2n) is 5.60. The third-order valence-corrected chi connectivity index (χ3v) is 3.88. The van der Waals surface area contributed by atoms with Gasteiger partial charge in [-0.05, 0) is 44.6 Å². The van der Waals surface area contributed by atoms with Crippen molar-refractivity contribution in [3.8, 4) is 0 Å². The lowest BCUT2D eigenvalue weighted by Crippen LogP contribution is -2.33. The molecule has 0 aromatic carbocycles. The first-order valence-electron chi connectivity index (χ1n) is 7.39. The number of nitrogens with zero attached hydrogens (tertiary/aromatic N) is 2. The molecule has 1 aliphatic carbocycles. The van der Waals surface area contributed by atoms with Gasteiger partial charge in [-0.25, -0.2) is 0 Å². The Labute approximate surface area is 119 Å². The molecule has 1 heterocycles. The largest absolute Gasteiger partial charge is 0.393 e. The smallest absolute Gasteiger partial charge is 0.253 e. The van der Waals surface area contributed by atoms with Crippen molar-refractivity contribution < 1.29 is 9.90 Å². The van der Waals surface area contributed by atoms with Crippen LogP contribution >= 0.6 is 0 Å². The lowest BCUT2D eigenvalue weighted by molar-refractivity contribution is 0.0872. The molecular weight excluding hydrogens is 254 g/mol. The zero-order valence-corrected chi connectivity index (χ0v) is 12.2. The number of aliphatic hydroxyl groups is 1. The summed E-state index contributed by atoms with van der Waals surface area (Å²) in [4.78, 5) is 12.3. The van der Waals surface area contributed by atoms with Crippen LogP contribution in [0.4, 0.5) is 0 Å². The first-order chi connectivity index (χ1) is 9.60. The van der Waals surface area contributed by atoms with Crippen LogP contribution in [0.2, 0.25) is 0 Å². The third kappa shape index (κ3) is 3.76. The van der Waals surface area contributed by atoms with E-state index in [0.29, 0.717) is 24.4 Å². The standard InChI is InChI=1S/C15H23N3O2/c1-3-14-13(7-10(2)17-18-14)15(20)16-9-11-5-4-6-12(19)8-11/h7,11-12,19H,3-6,8-9H2,1-2H3,(H,16,20). The van der Waals surface area contributed by atoms with Crippen molar-refractivity contribution in [3.63, 3.8) is 0 Å². The van der Waals surface area contributed by atoms with Crippen molar-refractivity contribution >= 4 is 5.91 Å². The van der Waals surface area contributed by atoms with Crippen LogP contribution in [0.3, 0.4) is 0 Å². The van der Waals surface area contributed by atoms with Crippen molar-refractivity contribution in [2.75, 3.05) is 6.54 Å². The summed E-state index contributed by atoms with van der Waals surface area (Å²) in [6.45, 7) is 4.43. The molecule has 20 heavy (non-hydrogen) atoms. The number of aliphatic hydroxyl groups excluding tert-OH is 1. The number of carbonyl (C=O) groups excluding carboxylic acids is 1. The lowest BCUT2D eigenvalue weighted by Gasteiger charge is -2.26. The molecule has 5 nitrogen and oxygen atoms in total. The Bertz CT molecular complexity index is 476. The van der Waals surface area contributed by atoms with Gasteiger partial charge in [-0.15, -0.1) is 0 Å². The Morgan fingerprint density at radius 1 is 1.45 bits per heavy atom. The van der Waals surface area contributed by atoms with Crippen molar-refractivity contribution in [1.82, 2.24) is 15.5 Å². The summed E-state index contributed by atoms with van der Waals surface area (Å²) in [5.41, 5.74) is 2.11. The fraction of sp³-hybridized carbons (Fsp3) is 0.667. The highest BCUT2D eigenvalue weighted by Crippen LogP contribution is 2.23. The summed E-state index contributed by atoms with van der Waals surface area (Å²) < 4.78 is 0. The molecule has 1 amide bonds. The molecule has 1 aliphatic rings. The number of aryl methyl sites for hydroxylation is 2. The highest BCUT2D eigenvalue weighted by atomic mass is 16.3.